The summed E-state index contributed by atoms with van der Waals surface area (Å²) in [5.74, 6) is -2.35. The molecule has 2 fully saturated rings. The molecule has 0 aromatic carbocycles. The van der Waals surface area contributed by atoms with Gasteiger partial charge in [0.1, 0.15) is 6.04 Å². The number of morpholine rings is 1. The Morgan fingerprint density at radius 3 is 2.50 bits per heavy atom. The molecule has 0 aromatic heterocycles. The molecule has 0 saturated carbocycles. The highest BCUT2D eigenvalue weighted by atomic mass is 19.4. The van der Waals surface area contributed by atoms with Gasteiger partial charge < -0.3 is 14.5 Å². The van der Waals surface area contributed by atoms with Crippen molar-refractivity contribution in [2.24, 2.45) is 0 Å². The van der Waals surface area contributed by atoms with E-state index in [4.69, 9.17) is 4.74 Å². The van der Waals surface area contributed by atoms with Crippen LogP contribution in [0.2, 0.25) is 0 Å². The van der Waals surface area contributed by atoms with Crippen molar-refractivity contribution in [2.45, 2.75) is 57.5 Å². The number of likely N-dealkylation sites (tertiary alicyclic amines) is 1. The lowest BCUT2D eigenvalue weighted by atomic mass is 9.99. The second-order valence-corrected chi connectivity index (χ2v) is 6.54. The van der Waals surface area contributed by atoms with Gasteiger partial charge in [0, 0.05) is 13.1 Å². The molecule has 2 unspecified atom stereocenters. The molecule has 8 heteroatoms. The minimum Gasteiger partial charge on any atom is -0.374 e. The number of nitrogens with zero attached hydrogens (tertiary/aromatic N) is 2. The van der Waals surface area contributed by atoms with E-state index in [0.29, 0.717) is 24.5 Å². The quantitative estimate of drug-likeness (QED) is 0.736. The summed E-state index contributed by atoms with van der Waals surface area (Å²) in [6, 6.07) is -1.03. The highest BCUT2D eigenvalue weighted by Crippen LogP contribution is 2.30. The molecule has 0 aliphatic carbocycles. The Kier molecular flexibility index (Phi) is 4.43. The third-order valence-corrected chi connectivity index (χ3v) is 4.20. The van der Waals surface area contributed by atoms with E-state index in [9.17, 15) is 22.8 Å². The first-order chi connectivity index (χ1) is 10.0. The number of rotatable bonds is 1. The van der Waals surface area contributed by atoms with Crippen LogP contribution >= 0.6 is 0 Å². The SMILES string of the molecule is CC1CN(C(=O)C2CCCN2C(=O)C(F)(F)F)C(C)(C)CO1. The lowest BCUT2D eigenvalue weighted by molar-refractivity contribution is -0.188. The molecule has 2 atom stereocenters. The molecule has 2 aliphatic heterocycles. The zero-order valence-electron chi connectivity index (χ0n) is 12.9. The predicted molar refractivity (Wildman–Crippen MR) is 72.0 cm³/mol. The third kappa shape index (κ3) is 3.21. The van der Waals surface area contributed by atoms with E-state index in [0.717, 1.165) is 0 Å². The summed E-state index contributed by atoms with van der Waals surface area (Å²) < 4.78 is 43.5. The Bertz CT molecular complexity index is 465. The number of carbonyl (C=O) groups excluding carboxylic acids is 2. The van der Waals surface area contributed by atoms with Crippen LogP contribution in [0.4, 0.5) is 13.2 Å². The van der Waals surface area contributed by atoms with Crippen molar-refractivity contribution in [2.75, 3.05) is 19.7 Å². The minimum absolute atomic E-state index is 0.0327. The zero-order valence-corrected chi connectivity index (χ0v) is 12.9. The van der Waals surface area contributed by atoms with Crippen molar-refractivity contribution in [1.82, 2.24) is 9.80 Å². The Morgan fingerprint density at radius 1 is 1.27 bits per heavy atom. The minimum atomic E-state index is -4.95. The average molecular weight is 322 g/mol. The number of hydrogen-bond acceptors (Lipinski definition) is 3. The van der Waals surface area contributed by atoms with Gasteiger partial charge in [-0.2, -0.15) is 13.2 Å². The van der Waals surface area contributed by atoms with E-state index in [2.05, 4.69) is 0 Å². The maximum absolute atomic E-state index is 12.7. The van der Waals surface area contributed by atoms with E-state index in [1.165, 1.54) is 0 Å². The molecule has 0 N–H and O–H groups in total. The smallest absolute Gasteiger partial charge is 0.374 e. The predicted octanol–water partition coefficient (Wildman–Crippen LogP) is 1.57. The Morgan fingerprint density at radius 2 is 1.91 bits per heavy atom. The number of ether oxygens (including phenoxy) is 1. The molecule has 2 saturated heterocycles. The van der Waals surface area contributed by atoms with Gasteiger partial charge in [0.25, 0.3) is 0 Å². The molecule has 2 amide bonds. The fraction of sp³-hybridized carbons (Fsp3) is 0.857. The molecule has 2 aliphatic rings. The van der Waals surface area contributed by atoms with E-state index < -0.39 is 29.6 Å². The number of alkyl halides is 3. The van der Waals surface area contributed by atoms with Crippen LogP contribution in [-0.4, -0.2) is 65.2 Å². The van der Waals surface area contributed by atoms with Gasteiger partial charge in [-0.3, -0.25) is 9.59 Å². The Balaban J connectivity index is 2.18. The van der Waals surface area contributed by atoms with E-state index in [-0.39, 0.29) is 19.1 Å². The fourth-order valence-corrected chi connectivity index (χ4v) is 2.98. The molecule has 126 valence electrons. The molecule has 0 aromatic rings. The highest BCUT2D eigenvalue weighted by Gasteiger charge is 2.50. The van der Waals surface area contributed by atoms with Crippen LogP contribution in [-0.2, 0) is 14.3 Å². The molecular formula is C14H21F3N2O3. The highest BCUT2D eigenvalue weighted by molar-refractivity contribution is 5.90. The Labute approximate surface area is 127 Å². The van der Waals surface area contributed by atoms with E-state index >= 15 is 0 Å². The summed E-state index contributed by atoms with van der Waals surface area (Å²) in [5, 5.41) is 0. The summed E-state index contributed by atoms with van der Waals surface area (Å²) in [5.41, 5.74) is -0.598. The number of amides is 2. The molecular weight excluding hydrogens is 301 g/mol. The number of hydrogen-bond donors (Lipinski definition) is 0. The molecule has 0 spiro atoms. The van der Waals surface area contributed by atoms with Gasteiger partial charge in [0.15, 0.2) is 0 Å². The van der Waals surface area contributed by atoms with Gasteiger partial charge in [-0.15, -0.1) is 0 Å². The van der Waals surface area contributed by atoms with Crippen LogP contribution < -0.4 is 0 Å². The van der Waals surface area contributed by atoms with Crippen LogP contribution in [0.5, 0.6) is 0 Å². The topological polar surface area (TPSA) is 49.9 Å². The maximum Gasteiger partial charge on any atom is 0.471 e. The van der Waals surface area contributed by atoms with Crippen LogP contribution in [0.1, 0.15) is 33.6 Å². The molecule has 2 rings (SSSR count). The molecule has 0 bridgehead atoms. The van der Waals surface area contributed by atoms with Crippen molar-refractivity contribution in [3.63, 3.8) is 0 Å². The van der Waals surface area contributed by atoms with Gasteiger partial charge >= 0.3 is 12.1 Å². The van der Waals surface area contributed by atoms with Crippen LogP contribution in [0.25, 0.3) is 0 Å². The van der Waals surface area contributed by atoms with Gasteiger partial charge in [-0.25, -0.2) is 0 Å². The average Bonchev–Trinajstić information content (AvgIpc) is 2.88. The second kappa shape index (κ2) is 5.72. The lowest BCUT2D eigenvalue weighted by Gasteiger charge is -2.46. The second-order valence-electron chi connectivity index (χ2n) is 6.54. The fourth-order valence-electron chi connectivity index (χ4n) is 2.98. The first-order valence-corrected chi connectivity index (χ1v) is 7.35. The largest absolute Gasteiger partial charge is 0.471 e. The van der Waals surface area contributed by atoms with Gasteiger partial charge in [-0.05, 0) is 33.6 Å². The van der Waals surface area contributed by atoms with Crippen molar-refractivity contribution in [3.05, 3.63) is 0 Å². The van der Waals surface area contributed by atoms with Crippen molar-refractivity contribution < 1.29 is 27.5 Å². The summed E-state index contributed by atoms with van der Waals surface area (Å²) >= 11 is 0. The monoisotopic (exact) mass is 322 g/mol. The third-order valence-electron chi connectivity index (χ3n) is 4.20. The molecule has 2 heterocycles. The zero-order chi connectivity index (χ0) is 16.7. The first-order valence-electron chi connectivity index (χ1n) is 7.35. The van der Waals surface area contributed by atoms with E-state index in [1.54, 1.807) is 4.90 Å². The molecule has 5 nitrogen and oxygen atoms in total. The summed E-state index contributed by atoms with van der Waals surface area (Å²) in [6.07, 6.45) is -4.46. The van der Waals surface area contributed by atoms with Crippen molar-refractivity contribution in [3.8, 4) is 0 Å². The normalized spacial score (nSPS) is 28.8. The van der Waals surface area contributed by atoms with Crippen LogP contribution in [0.15, 0.2) is 0 Å². The number of halogens is 3. The molecule has 22 heavy (non-hydrogen) atoms. The standard InChI is InChI=1S/C14H21F3N2O3/c1-9-7-19(13(2,3)8-22-9)11(20)10-5-4-6-18(10)12(21)14(15,16)17/h9-10H,4-8H2,1-3H3. The van der Waals surface area contributed by atoms with E-state index in [1.807, 2.05) is 20.8 Å². The lowest BCUT2D eigenvalue weighted by Crippen LogP contribution is -2.62. The first kappa shape index (κ1) is 17.1. The molecule has 0 radical (unpaired) electrons. The maximum atomic E-state index is 12.7. The van der Waals surface area contributed by atoms with Gasteiger partial charge in [0.2, 0.25) is 5.91 Å². The van der Waals surface area contributed by atoms with Gasteiger partial charge in [-0.1, -0.05) is 0 Å². The van der Waals surface area contributed by atoms with Crippen molar-refractivity contribution in [1.29, 1.82) is 0 Å². The summed E-state index contributed by atoms with van der Waals surface area (Å²) in [7, 11) is 0. The van der Waals surface area contributed by atoms with Gasteiger partial charge in [0.05, 0.1) is 18.2 Å². The Hall–Kier alpha value is -1.31. The summed E-state index contributed by atoms with van der Waals surface area (Å²) in [4.78, 5) is 26.4. The number of carbonyl (C=O) groups is 2. The van der Waals surface area contributed by atoms with Crippen molar-refractivity contribution >= 4 is 11.8 Å². The van der Waals surface area contributed by atoms with Crippen LogP contribution in [0.3, 0.4) is 0 Å². The summed E-state index contributed by atoms with van der Waals surface area (Å²) in [6.45, 7) is 6.03. The van der Waals surface area contributed by atoms with Crippen LogP contribution in [0, 0.1) is 0 Å².